The van der Waals surface area contributed by atoms with Crippen LogP contribution in [0.3, 0.4) is 0 Å². The lowest BCUT2D eigenvalue weighted by Gasteiger charge is -2.19. The van der Waals surface area contributed by atoms with Crippen molar-refractivity contribution in [3.05, 3.63) is 18.1 Å². The van der Waals surface area contributed by atoms with E-state index in [0.717, 1.165) is 5.65 Å². The summed E-state index contributed by atoms with van der Waals surface area (Å²) in [7, 11) is 0. The van der Waals surface area contributed by atoms with Gasteiger partial charge in [-0.1, -0.05) is 13.8 Å². The standard InChI is InChI=1S/C10H15N5/c1-6(2)7(3)15-5-14-9(11)8-10(15)13-4-12-8/h4-7,11H,1-3H3,(H,12,13). The Morgan fingerprint density at radius 3 is 2.73 bits per heavy atom. The molecule has 2 rings (SSSR count). The first kappa shape index (κ1) is 9.89. The van der Waals surface area contributed by atoms with Crippen LogP contribution in [-0.2, 0) is 0 Å². The molecule has 0 saturated carbocycles. The molecule has 0 bridgehead atoms. The number of aromatic nitrogens is 4. The van der Waals surface area contributed by atoms with Crippen LogP contribution in [-0.4, -0.2) is 19.5 Å². The third-order valence-corrected chi connectivity index (χ3v) is 2.82. The second kappa shape index (κ2) is 3.49. The number of H-pyrrole nitrogens is 1. The van der Waals surface area contributed by atoms with Gasteiger partial charge in [0, 0.05) is 6.04 Å². The van der Waals surface area contributed by atoms with E-state index in [-0.39, 0.29) is 5.49 Å². The molecular formula is C10H15N5. The summed E-state index contributed by atoms with van der Waals surface area (Å²) in [5.74, 6) is 0.508. The molecule has 2 aromatic rings. The van der Waals surface area contributed by atoms with Crippen LogP contribution in [0.1, 0.15) is 26.8 Å². The summed E-state index contributed by atoms with van der Waals surface area (Å²) in [5.41, 5.74) is 1.75. The highest BCUT2D eigenvalue weighted by Crippen LogP contribution is 2.18. The number of imidazole rings is 1. The Bertz CT molecular complexity index is 522. The normalized spacial score (nSPS) is 13.6. The Kier molecular flexibility index (Phi) is 2.30. The summed E-state index contributed by atoms with van der Waals surface area (Å²) in [4.78, 5) is 11.2. The Morgan fingerprint density at radius 2 is 2.07 bits per heavy atom. The predicted molar refractivity (Wildman–Crippen MR) is 57.3 cm³/mol. The van der Waals surface area contributed by atoms with Gasteiger partial charge in [0.1, 0.15) is 5.52 Å². The molecule has 5 heteroatoms. The lowest BCUT2D eigenvalue weighted by atomic mass is 10.1. The average molecular weight is 205 g/mol. The Morgan fingerprint density at radius 1 is 1.33 bits per heavy atom. The fourth-order valence-electron chi connectivity index (χ4n) is 1.52. The van der Waals surface area contributed by atoms with E-state index < -0.39 is 0 Å². The highest BCUT2D eigenvalue weighted by molar-refractivity contribution is 5.68. The van der Waals surface area contributed by atoms with Crippen molar-refractivity contribution in [3.63, 3.8) is 0 Å². The van der Waals surface area contributed by atoms with Crippen molar-refractivity contribution < 1.29 is 0 Å². The largest absolute Gasteiger partial charge is 0.340 e. The van der Waals surface area contributed by atoms with Crippen molar-refractivity contribution in [3.8, 4) is 0 Å². The van der Waals surface area contributed by atoms with Crippen LogP contribution in [0.5, 0.6) is 0 Å². The molecule has 5 nitrogen and oxygen atoms in total. The van der Waals surface area contributed by atoms with Crippen LogP contribution >= 0.6 is 0 Å². The van der Waals surface area contributed by atoms with Gasteiger partial charge in [-0.3, -0.25) is 5.41 Å². The molecule has 0 radical (unpaired) electrons. The van der Waals surface area contributed by atoms with Crippen LogP contribution in [0.15, 0.2) is 12.7 Å². The third-order valence-electron chi connectivity index (χ3n) is 2.82. The molecule has 0 aromatic carbocycles. The number of nitrogens with zero attached hydrogens (tertiary/aromatic N) is 3. The number of fused-ring (bicyclic) bond motifs is 1. The quantitative estimate of drug-likeness (QED) is 0.779. The summed E-state index contributed by atoms with van der Waals surface area (Å²) in [6.07, 6.45) is 3.30. The predicted octanol–water partition coefficient (Wildman–Crippen LogP) is 1.46. The third kappa shape index (κ3) is 1.54. The van der Waals surface area contributed by atoms with E-state index in [1.807, 2.05) is 4.57 Å². The van der Waals surface area contributed by atoms with Crippen molar-refractivity contribution in [2.75, 3.05) is 0 Å². The molecule has 0 amide bonds. The molecule has 0 aliphatic rings. The molecule has 0 spiro atoms. The number of hydrogen-bond donors (Lipinski definition) is 2. The van der Waals surface area contributed by atoms with Crippen molar-refractivity contribution in [1.82, 2.24) is 19.5 Å². The molecular weight excluding hydrogens is 190 g/mol. The van der Waals surface area contributed by atoms with E-state index in [1.165, 1.54) is 0 Å². The summed E-state index contributed by atoms with van der Waals surface area (Å²) in [6.45, 7) is 6.44. The minimum atomic E-state index is 0.245. The smallest absolute Gasteiger partial charge is 0.173 e. The van der Waals surface area contributed by atoms with Gasteiger partial charge in [-0.05, 0) is 12.8 Å². The van der Waals surface area contributed by atoms with Gasteiger partial charge in [-0.2, -0.15) is 0 Å². The number of aromatic amines is 1. The Hall–Kier alpha value is -1.65. The van der Waals surface area contributed by atoms with Crippen LogP contribution < -0.4 is 5.49 Å². The fraction of sp³-hybridized carbons (Fsp3) is 0.500. The zero-order chi connectivity index (χ0) is 11.0. The maximum atomic E-state index is 7.63. The van der Waals surface area contributed by atoms with Gasteiger partial charge in [-0.25, -0.2) is 9.97 Å². The monoisotopic (exact) mass is 205 g/mol. The van der Waals surface area contributed by atoms with Gasteiger partial charge in [0.2, 0.25) is 0 Å². The van der Waals surface area contributed by atoms with E-state index in [4.69, 9.17) is 5.41 Å². The maximum absolute atomic E-state index is 7.63. The molecule has 0 aliphatic carbocycles. The molecule has 2 N–H and O–H groups in total. The van der Waals surface area contributed by atoms with E-state index in [1.54, 1.807) is 12.7 Å². The lowest BCUT2D eigenvalue weighted by Crippen LogP contribution is -2.18. The lowest BCUT2D eigenvalue weighted by molar-refractivity contribution is 0.411. The van der Waals surface area contributed by atoms with E-state index in [0.29, 0.717) is 17.5 Å². The van der Waals surface area contributed by atoms with Crippen LogP contribution in [0.25, 0.3) is 11.2 Å². The molecule has 80 valence electrons. The first-order valence-electron chi connectivity index (χ1n) is 5.06. The first-order valence-corrected chi connectivity index (χ1v) is 5.06. The van der Waals surface area contributed by atoms with Crippen molar-refractivity contribution >= 4 is 11.2 Å². The Labute approximate surface area is 87.7 Å². The van der Waals surface area contributed by atoms with Crippen LogP contribution in [0.4, 0.5) is 0 Å². The van der Waals surface area contributed by atoms with Crippen molar-refractivity contribution in [1.29, 1.82) is 5.41 Å². The zero-order valence-electron chi connectivity index (χ0n) is 9.15. The SMILES string of the molecule is CC(C)C(C)n1cnc(=N)c2[nH]cnc21. The number of nitrogens with one attached hydrogen (secondary N) is 2. The van der Waals surface area contributed by atoms with E-state index >= 15 is 0 Å². The highest BCUT2D eigenvalue weighted by atomic mass is 15.1. The van der Waals surface area contributed by atoms with E-state index in [9.17, 15) is 0 Å². The highest BCUT2D eigenvalue weighted by Gasteiger charge is 2.13. The molecule has 2 aromatic heterocycles. The van der Waals surface area contributed by atoms with Gasteiger partial charge < -0.3 is 9.55 Å². The maximum Gasteiger partial charge on any atom is 0.173 e. The minimum absolute atomic E-state index is 0.245. The summed E-state index contributed by atoms with van der Waals surface area (Å²) in [6, 6.07) is 0.323. The molecule has 15 heavy (non-hydrogen) atoms. The zero-order valence-corrected chi connectivity index (χ0v) is 9.15. The second-order valence-corrected chi connectivity index (χ2v) is 4.09. The fourth-order valence-corrected chi connectivity index (χ4v) is 1.52. The minimum Gasteiger partial charge on any atom is -0.340 e. The van der Waals surface area contributed by atoms with Gasteiger partial charge in [0.25, 0.3) is 0 Å². The molecule has 1 unspecified atom stereocenters. The van der Waals surface area contributed by atoms with E-state index in [2.05, 4.69) is 35.7 Å². The van der Waals surface area contributed by atoms with Gasteiger partial charge in [0.05, 0.1) is 12.7 Å². The van der Waals surface area contributed by atoms with Crippen molar-refractivity contribution in [2.24, 2.45) is 5.92 Å². The number of rotatable bonds is 2. The van der Waals surface area contributed by atoms with Crippen LogP contribution in [0, 0.1) is 11.3 Å². The topological polar surface area (TPSA) is 70.3 Å². The average Bonchev–Trinajstić information content (AvgIpc) is 2.66. The van der Waals surface area contributed by atoms with Crippen LogP contribution in [0.2, 0.25) is 0 Å². The second-order valence-electron chi connectivity index (χ2n) is 4.09. The molecule has 1 atom stereocenters. The van der Waals surface area contributed by atoms with Gasteiger partial charge >= 0.3 is 0 Å². The Balaban J connectivity index is 2.67. The molecule has 0 fully saturated rings. The summed E-state index contributed by atoms with van der Waals surface area (Å²) < 4.78 is 2.01. The van der Waals surface area contributed by atoms with Gasteiger partial charge in [-0.15, -0.1) is 0 Å². The van der Waals surface area contributed by atoms with Crippen molar-refractivity contribution in [2.45, 2.75) is 26.8 Å². The summed E-state index contributed by atoms with van der Waals surface area (Å²) in [5, 5.41) is 7.63. The molecule has 0 saturated heterocycles. The number of hydrogen-bond acceptors (Lipinski definition) is 3. The first-order chi connectivity index (χ1) is 7.11. The van der Waals surface area contributed by atoms with Gasteiger partial charge in [0.15, 0.2) is 11.1 Å². The molecule has 0 aliphatic heterocycles. The summed E-state index contributed by atoms with van der Waals surface area (Å²) >= 11 is 0. The molecule has 2 heterocycles.